The number of nitrogens with one attached hydrogen (secondary N) is 1. The van der Waals surface area contributed by atoms with Gasteiger partial charge in [0.05, 0.1) is 5.56 Å². The van der Waals surface area contributed by atoms with Crippen molar-refractivity contribution in [3.8, 4) is 11.8 Å². The minimum Gasteiger partial charge on any atom is -0.491 e. The second-order valence-electron chi connectivity index (χ2n) is 6.69. The van der Waals surface area contributed by atoms with Crippen LogP contribution in [0, 0.1) is 11.3 Å². The molecule has 0 radical (unpaired) electrons. The van der Waals surface area contributed by atoms with Crippen LogP contribution in [-0.4, -0.2) is 37.2 Å². The van der Waals surface area contributed by atoms with Crippen LogP contribution in [0.3, 0.4) is 0 Å². The van der Waals surface area contributed by atoms with Crippen LogP contribution in [0.25, 0.3) is 0 Å². The summed E-state index contributed by atoms with van der Waals surface area (Å²) in [5.41, 5.74) is 1.65. The van der Waals surface area contributed by atoms with E-state index in [9.17, 15) is 5.26 Å². The van der Waals surface area contributed by atoms with Crippen molar-refractivity contribution in [1.29, 1.82) is 5.26 Å². The fourth-order valence-corrected chi connectivity index (χ4v) is 3.21. The highest BCUT2D eigenvalue weighted by molar-refractivity contribution is 5.55. The van der Waals surface area contributed by atoms with Gasteiger partial charge in [-0.1, -0.05) is 26.2 Å². The predicted octanol–water partition coefficient (Wildman–Crippen LogP) is 4.41. The van der Waals surface area contributed by atoms with Crippen LogP contribution in [0.15, 0.2) is 18.2 Å². The van der Waals surface area contributed by atoms with Gasteiger partial charge in [-0.05, 0) is 44.9 Å². The van der Waals surface area contributed by atoms with Gasteiger partial charge in [0, 0.05) is 30.9 Å². The molecule has 1 atom stereocenters. The molecule has 0 aliphatic carbocycles. The summed E-state index contributed by atoms with van der Waals surface area (Å²) >= 11 is 0. The number of piperidine rings is 1. The number of ether oxygens (including phenoxy) is 1. The molecular weight excluding hydrogens is 298 g/mol. The quantitative estimate of drug-likeness (QED) is 0.682. The van der Waals surface area contributed by atoms with Crippen molar-refractivity contribution >= 4 is 5.69 Å². The van der Waals surface area contributed by atoms with Crippen molar-refractivity contribution in [3.05, 3.63) is 23.8 Å². The average Bonchev–Trinajstić information content (AvgIpc) is 2.60. The Morgan fingerprint density at radius 2 is 2.21 bits per heavy atom. The van der Waals surface area contributed by atoms with E-state index in [1.165, 1.54) is 38.5 Å². The fourth-order valence-electron chi connectivity index (χ4n) is 3.21. The summed E-state index contributed by atoms with van der Waals surface area (Å²) in [6.45, 7) is 8.19. The molecule has 132 valence electrons. The van der Waals surface area contributed by atoms with E-state index in [1.54, 1.807) is 0 Å². The van der Waals surface area contributed by atoms with E-state index in [2.05, 4.69) is 30.1 Å². The molecule has 2 rings (SSSR count). The Labute approximate surface area is 146 Å². The summed E-state index contributed by atoms with van der Waals surface area (Å²) in [6.07, 6.45) is 7.52. The van der Waals surface area contributed by atoms with E-state index in [0.29, 0.717) is 24.0 Å². The van der Waals surface area contributed by atoms with Gasteiger partial charge in [-0.25, -0.2) is 0 Å². The molecule has 1 aliphatic rings. The molecule has 24 heavy (non-hydrogen) atoms. The summed E-state index contributed by atoms with van der Waals surface area (Å²) in [6, 6.07) is 8.65. The van der Waals surface area contributed by atoms with Gasteiger partial charge in [-0.15, -0.1) is 0 Å². The number of nitriles is 1. The van der Waals surface area contributed by atoms with Crippen LogP contribution in [-0.2, 0) is 0 Å². The van der Waals surface area contributed by atoms with Crippen molar-refractivity contribution in [3.63, 3.8) is 0 Å². The lowest BCUT2D eigenvalue weighted by Gasteiger charge is -2.33. The number of benzene rings is 1. The number of likely N-dealkylation sites (tertiary alicyclic amines) is 1. The van der Waals surface area contributed by atoms with E-state index in [0.717, 1.165) is 25.3 Å². The highest BCUT2D eigenvalue weighted by Gasteiger charge is 2.17. The normalized spacial score (nSPS) is 18.1. The van der Waals surface area contributed by atoms with Gasteiger partial charge < -0.3 is 10.1 Å². The summed E-state index contributed by atoms with van der Waals surface area (Å²) < 4.78 is 5.94. The number of rotatable bonds is 9. The number of nitrogens with zero attached hydrogens (tertiary/aromatic N) is 2. The lowest BCUT2D eigenvalue weighted by Crippen LogP contribution is -2.39. The molecule has 0 spiro atoms. The van der Waals surface area contributed by atoms with Crippen LogP contribution in [0.4, 0.5) is 5.69 Å². The number of hydrogen-bond acceptors (Lipinski definition) is 4. The van der Waals surface area contributed by atoms with Crippen molar-refractivity contribution < 1.29 is 4.74 Å². The molecule has 4 heteroatoms. The summed E-state index contributed by atoms with van der Waals surface area (Å²) in [5, 5.41) is 12.7. The van der Waals surface area contributed by atoms with Crippen LogP contribution in [0.1, 0.15) is 57.9 Å². The van der Waals surface area contributed by atoms with Gasteiger partial charge in [0.25, 0.3) is 0 Å². The molecule has 1 aromatic rings. The molecule has 0 aromatic heterocycles. The zero-order valence-electron chi connectivity index (χ0n) is 15.2. The maximum absolute atomic E-state index is 9.28. The Morgan fingerprint density at radius 3 is 2.96 bits per heavy atom. The Hall–Kier alpha value is -1.73. The topological polar surface area (TPSA) is 48.3 Å². The van der Waals surface area contributed by atoms with Crippen LogP contribution in [0.5, 0.6) is 5.75 Å². The molecule has 4 nitrogen and oxygen atoms in total. The minimum absolute atomic E-state index is 0.612. The van der Waals surface area contributed by atoms with Crippen LogP contribution >= 0.6 is 0 Å². The third-order valence-electron chi connectivity index (χ3n) is 4.79. The first-order chi connectivity index (χ1) is 11.7. The lowest BCUT2D eigenvalue weighted by molar-refractivity contribution is 0.133. The highest BCUT2D eigenvalue weighted by Crippen LogP contribution is 2.23. The Bertz CT molecular complexity index is 538. The first-order valence-corrected chi connectivity index (χ1v) is 9.39. The number of hydrogen-bond donors (Lipinski definition) is 1. The third kappa shape index (κ3) is 5.72. The maximum Gasteiger partial charge on any atom is 0.139 e. The van der Waals surface area contributed by atoms with Gasteiger partial charge in [0.2, 0.25) is 0 Å². The summed E-state index contributed by atoms with van der Waals surface area (Å²) in [7, 11) is 0. The Kier molecular flexibility index (Phi) is 7.91. The van der Waals surface area contributed by atoms with Crippen molar-refractivity contribution in [1.82, 2.24) is 4.90 Å². The van der Waals surface area contributed by atoms with Gasteiger partial charge in [-0.3, -0.25) is 4.90 Å². The second-order valence-corrected chi connectivity index (χ2v) is 6.69. The number of anilines is 1. The van der Waals surface area contributed by atoms with E-state index in [-0.39, 0.29) is 0 Å². The average molecular weight is 329 g/mol. The minimum atomic E-state index is 0.612. The van der Waals surface area contributed by atoms with Gasteiger partial charge in [0.15, 0.2) is 0 Å². The van der Waals surface area contributed by atoms with Gasteiger partial charge in [-0.2, -0.15) is 5.26 Å². The predicted molar refractivity (Wildman–Crippen MR) is 99.6 cm³/mol. The van der Waals surface area contributed by atoms with Crippen LogP contribution < -0.4 is 10.1 Å². The Morgan fingerprint density at radius 1 is 1.33 bits per heavy atom. The SMILES string of the molecule is CCCCCNc1ccc(C#N)c(OCCN2CCCC[C@@H]2C)c1. The van der Waals surface area contributed by atoms with E-state index >= 15 is 0 Å². The molecule has 1 N–H and O–H groups in total. The Balaban J connectivity index is 1.86. The van der Waals surface area contributed by atoms with Crippen molar-refractivity contribution in [2.45, 2.75) is 58.4 Å². The van der Waals surface area contributed by atoms with E-state index in [4.69, 9.17) is 4.74 Å². The first kappa shape index (κ1) is 18.6. The zero-order chi connectivity index (χ0) is 17.2. The molecular formula is C20H31N3O. The second kappa shape index (κ2) is 10.2. The molecule has 1 aliphatic heterocycles. The zero-order valence-corrected chi connectivity index (χ0v) is 15.2. The van der Waals surface area contributed by atoms with Crippen molar-refractivity contribution in [2.24, 2.45) is 0 Å². The summed E-state index contributed by atoms with van der Waals surface area (Å²) in [5.74, 6) is 0.697. The van der Waals surface area contributed by atoms with E-state index in [1.807, 2.05) is 18.2 Å². The van der Waals surface area contributed by atoms with Gasteiger partial charge >= 0.3 is 0 Å². The van der Waals surface area contributed by atoms with Crippen LogP contribution in [0.2, 0.25) is 0 Å². The molecule has 0 unspecified atom stereocenters. The lowest BCUT2D eigenvalue weighted by atomic mass is 10.0. The third-order valence-corrected chi connectivity index (χ3v) is 4.79. The molecule has 0 amide bonds. The first-order valence-electron chi connectivity index (χ1n) is 9.39. The van der Waals surface area contributed by atoms with Crippen molar-refractivity contribution in [2.75, 3.05) is 31.6 Å². The molecule has 0 bridgehead atoms. The monoisotopic (exact) mass is 329 g/mol. The fraction of sp³-hybridized carbons (Fsp3) is 0.650. The largest absolute Gasteiger partial charge is 0.491 e. The molecule has 1 heterocycles. The summed E-state index contributed by atoms with van der Waals surface area (Å²) in [4.78, 5) is 2.49. The van der Waals surface area contributed by atoms with E-state index < -0.39 is 0 Å². The maximum atomic E-state index is 9.28. The van der Waals surface area contributed by atoms with Gasteiger partial charge in [0.1, 0.15) is 18.4 Å². The standard InChI is InChI=1S/C20H31N3O/c1-3-4-6-11-22-19-10-9-18(16-21)20(15-19)24-14-13-23-12-7-5-8-17(23)2/h9-10,15,17,22H,3-8,11-14H2,1-2H3/t17-/m0/s1. The molecule has 1 fully saturated rings. The molecule has 0 saturated carbocycles. The molecule has 1 saturated heterocycles. The highest BCUT2D eigenvalue weighted by atomic mass is 16.5. The smallest absolute Gasteiger partial charge is 0.139 e. The number of unbranched alkanes of at least 4 members (excludes halogenated alkanes) is 2. The molecule has 1 aromatic carbocycles.